The van der Waals surface area contributed by atoms with E-state index in [1.165, 1.54) is 4.90 Å². The van der Waals surface area contributed by atoms with Gasteiger partial charge in [-0.2, -0.15) is 5.26 Å². The number of carbonyl (C=O) groups excluding carboxylic acids is 1. The second-order valence-electron chi connectivity index (χ2n) is 3.82. The summed E-state index contributed by atoms with van der Waals surface area (Å²) in [6.45, 7) is 0.424. The van der Waals surface area contributed by atoms with Gasteiger partial charge in [0.25, 0.3) is 0 Å². The van der Waals surface area contributed by atoms with Gasteiger partial charge in [0.05, 0.1) is 16.3 Å². The monoisotopic (exact) mass is 244 g/mol. The molecule has 1 saturated heterocycles. The lowest BCUT2D eigenvalue weighted by molar-refractivity contribution is -0.117. The van der Waals surface area contributed by atoms with Crippen molar-refractivity contribution >= 4 is 23.2 Å². The summed E-state index contributed by atoms with van der Waals surface area (Å²) in [5.74, 6) is 2.37. The second kappa shape index (κ2) is 4.49. The zero-order valence-corrected chi connectivity index (χ0v) is 9.74. The van der Waals surface area contributed by atoms with E-state index < -0.39 is 0 Å². The van der Waals surface area contributed by atoms with Crippen LogP contribution >= 0.6 is 11.6 Å². The third-order valence-corrected chi connectivity index (χ3v) is 3.04. The zero-order chi connectivity index (χ0) is 12.4. The number of amides is 1. The Morgan fingerprint density at radius 1 is 1.53 bits per heavy atom. The maximum Gasteiger partial charge on any atom is 0.228 e. The fourth-order valence-corrected chi connectivity index (χ4v) is 2.19. The van der Waals surface area contributed by atoms with Gasteiger partial charge in [0.1, 0.15) is 6.07 Å². The van der Waals surface area contributed by atoms with E-state index >= 15 is 0 Å². The Labute approximate surface area is 105 Å². The van der Waals surface area contributed by atoms with E-state index in [-0.39, 0.29) is 11.8 Å². The highest BCUT2D eigenvalue weighted by atomic mass is 35.5. The van der Waals surface area contributed by atoms with E-state index in [1.54, 1.807) is 18.2 Å². The number of halogens is 1. The third-order valence-electron chi connectivity index (χ3n) is 2.74. The molecule has 1 aromatic carbocycles. The molecule has 0 spiro atoms. The molecule has 0 aromatic heterocycles. The molecule has 1 heterocycles. The fourth-order valence-electron chi connectivity index (χ4n) is 1.92. The highest BCUT2D eigenvalue weighted by Gasteiger charge is 2.31. The van der Waals surface area contributed by atoms with Crippen LogP contribution in [0.5, 0.6) is 0 Å². The molecule has 0 radical (unpaired) electrons. The number of nitriles is 1. The van der Waals surface area contributed by atoms with Crippen molar-refractivity contribution < 1.29 is 4.79 Å². The standard InChI is InChI=1S/C13H9ClN2O/c1-2-9-6-12(17)16(8-9)13-10(7-15)4-3-5-11(13)14/h1,3-5,9H,6,8H2. The Hall–Kier alpha value is -1.97. The molecule has 0 aliphatic carbocycles. The number of hydrogen-bond donors (Lipinski definition) is 0. The first-order valence-corrected chi connectivity index (χ1v) is 5.50. The van der Waals surface area contributed by atoms with Gasteiger partial charge < -0.3 is 4.90 Å². The van der Waals surface area contributed by atoms with Gasteiger partial charge >= 0.3 is 0 Å². The average molecular weight is 245 g/mol. The van der Waals surface area contributed by atoms with Gasteiger partial charge in [-0.15, -0.1) is 12.3 Å². The van der Waals surface area contributed by atoms with Gasteiger partial charge in [-0.3, -0.25) is 4.79 Å². The van der Waals surface area contributed by atoms with E-state index in [1.807, 2.05) is 6.07 Å². The topological polar surface area (TPSA) is 44.1 Å². The molecule has 1 atom stereocenters. The van der Waals surface area contributed by atoms with Crippen molar-refractivity contribution in [2.24, 2.45) is 5.92 Å². The van der Waals surface area contributed by atoms with Crippen molar-refractivity contribution in [1.29, 1.82) is 5.26 Å². The highest BCUT2D eigenvalue weighted by Crippen LogP contribution is 2.33. The Bertz CT molecular complexity index is 554. The number of nitrogens with zero attached hydrogens (tertiary/aromatic N) is 2. The molecular formula is C13H9ClN2O. The Kier molecular flexibility index (Phi) is 3.04. The summed E-state index contributed by atoms with van der Waals surface area (Å²) < 4.78 is 0. The van der Waals surface area contributed by atoms with Gasteiger partial charge in [-0.1, -0.05) is 17.7 Å². The van der Waals surface area contributed by atoms with Crippen molar-refractivity contribution in [1.82, 2.24) is 0 Å². The number of anilines is 1. The predicted molar refractivity (Wildman–Crippen MR) is 65.5 cm³/mol. The summed E-state index contributed by atoms with van der Waals surface area (Å²) in [4.78, 5) is 13.3. The predicted octanol–water partition coefficient (Wildman–Crippen LogP) is 2.20. The van der Waals surface area contributed by atoms with Crippen molar-refractivity contribution in [3.63, 3.8) is 0 Å². The second-order valence-corrected chi connectivity index (χ2v) is 4.23. The molecule has 1 amide bonds. The van der Waals surface area contributed by atoms with Gasteiger partial charge in [-0.25, -0.2) is 0 Å². The quantitative estimate of drug-likeness (QED) is 0.711. The SMILES string of the molecule is C#CC1CC(=O)N(c2c(Cl)cccc2C#N)C1. The first kappa shape index (κ1) is 11.5. The molecule has 84 valence electrons. The van der Waals surface area contributed by atoms with Crippen molar-refractivity contribution in [2.45, 2.75) is 6.42 Å². The summed E-state index contributed by atoms with van der Waals surface area (Å²) in [6, 6.07) is 7.02. The molecule has 1 unspecified atom stereocenters. The summed E-state index contributed by atoms with van der Waals surface area (Å²) in [5, 5.41) is 9.42. The average Bonchev–Trinajstić information content (AvgIpc) is 2.70. The van der Waals surface area contributed by atoms with Gasteiger partial charge in [0.2, 0.25) is 5.91 Å². The summed E-state index contributed by atoms with van der Waals surface area (Å²) in [6.07, 6.45) is 5.63. The maximum absolute atomic E-state index is 11.8. The third kappa shape index (κ3) is 1.98. The van der Waals surface area contributed by atoms with Crippen LogP contribution in [0.4, 0.5) is 5.69 Å². The molecule has 3 nitrogen and oxygen atoms in total. The molecule has 1 aromatic rings. The van der Waals surface area contributed by atoms with Crippen molar-refractivity contribution in [2.75, 3.05) is 11.4 Å². The van der Waals surface area contributed by atoms with E-state index in [0.29, 0.717) is 29.2 Å². The molecule has 4 heteroatoms. The van der Waals surface area contributed by atoms with Gasteiger partial charge in [-0.05, 0) is 12.1 Å². The van der Waals surface area contributed by atoms with Crippen LogP contribution in [0.1, 0.15) is 12.0 Å². The van der Waals surface area contributed by atoms with E-state index in [9.17, 15) is 4.79 Å². The summed E-state index contributed by atoms with van der Waals surface area (Å²) in [7, 11) is 0. The van der Waals surface area contributed by atoms with Crippen LogP contribution in [0.15, 0.2) is 18.2 Å². The van der Waals surface area contributed by atoms with Crippen LogP contribution in [0.3, 0.4) is 0 Å². The van der Waals surface area contributed by atoms with Crippen LogP contribution in [-0.2, 0) is 4.79 Å². The molecule has 1 fully saturated rings. The minimum atomic E-state index is -0.106. The lowest BCUT2D eigenvalue weighted by Gasteiger charge is -2.18. The van der Waals surface area contributed by atoms with E-state index in [0.717, 1.165) is 0 Å². The Morgan fingerprint density at radius 2 is 2.29 bits per heavy atom. The maximum atomic E-state index is 11.8. The van der Waals surface area contributed by atoms with Crippen molar-refractivity contribution in [3.8, 4) is 18.4 Å². The molecule has 1 aliphatic heterocycles. The molecule has 17 heavy (non-hydrogen) atoms. The largest absolute Gasteiger partial charge is 0.308 e. The molecular weight excluding hydrogens is 236 g/mol. The lowest BCUT2D eigenvalue weighted by atomic mass is 10.1. The summed E-state index contributed by atoms with van der Waals surface area (Å²) >= 11 is 6.05. The number of carbonyl (C=O) groups is 1. The zero-order valence-electron chi connectivity index (χ0n) is 8.98. The van der Waals surface area contributed by atoms with Crippen LogP contribution in [-0.4, -0.2) is 12.5 Å². The Balaban J connectivity index is 2.46. The number of hydrogen-bond acceptors (Lipinski definition) is 2. The molecule has 1 aliphatic rings. The number of benzene rings is 1. The van der Waals surface area contributed by atoms with Crippen molar-refractivity contribution in [3.05, 3.63) is 28.8 Å². The molecule has 2 rings (SSSR count). The smallest absolute Gasteiger partial charge is 0.228 e. The van der Waals surface area contributed by atoms with Crippen LogP contribution in [0.2, 0.25) is 5.02 Å². The first-order valence-electron chi connectivity index (χ1n) is 5.12. The Morgan fingerprint density at radius 3 is 2.88 bits per heavy atom. The highest BCUT2D eigenvalue weighted by molar-refractivity contribution is 6.34. The van der Waals surface area contributed by atoms with Gasteiger partial charge in [0, 0.05) is 18.9 Å². The normalized spacial score (nSPS) is 18.9. The molecule has 0 N–H and O–H groups in total. The van der Waals surface area contributed by atoms with E-state index in [4.69, 9.17) is 23.3 Å². The minimum absolute atomic E-state index is 0.0856. The fraction of sp³-hybridized carbons (Fsp3) is 0.231. The van der Waals surface area contributed by atoms with Crippen LogP contribution < -0.4 is 4.90 Å². The molecule has 0 saturated carbocycles. The van der Waals surface area contributed by atoms with E-state index in [2.05, 4.69) is 5.92 Å². The lowest BCUT2D eigenvalue weighted by Crippen LogP contribution is -2.25. The first-order chi connectivity index (χ1) is 8.17. The van der Waals surface area contributed by atoms with Crippen LogP contribution in [0, 0.1) is 29.6 Å². The number of terminal acetylenes is 1. The molecule has 0 bridgehead atoms. The number of rotatable bonds is 1. The van der Waals surface area contributed by atoms with Crippen LogP contribution in [0.25, 0.3) is 0 Å². The number of para-hydroxylation sites is 1. The van der Waals surface area contributed by atoms with Gasteiger partial charge in [0.15, 0.2) is 0 Å². The summed E-state index contributed by atoms with van der Waals surface area (Å²) in [5.41, 5.74) is 0.864. The minimum Gasteiger partial charge on any atom is -0.308 e.